The molecule has 0 heterocycles. The summed E-state index contributed by atoms with van der Waals surface area (Å²) in [7, 11) is 1.59. The summed E-state index contributed by atoms with van der Waals surface area (Å²) in [5.41, 5.74) is 0.616. The van der Waals surface area contributed by atoms with Crippen molar-refractivity contribution in [3.8, 4) is 11.8 Å². The van der Waals surface area contributed by atoms with Gasteiger partial charge in [0.25, 0.3) is 0 Å². The van der Waals surface area contributed by atoms with Crippen molar-refractivity contribution in [1.82, 2.24) is 0 Å². The fraction of sp³-hybridized carbons (Fsp3) is 0.125. The van der Waals surface area contributed by atoms with Crippen LogP contribution in [0.15, 0.2) is 22.7 Å². The van der Waals surface area contributed by atoms with E-state index in [1.54, 1.807) is 25.3 Å². The van der Waals surface area contributed by atoms with Gasteiger partial charge >= 0.3 is 0 Å². The van der Waals surface area contributed by atoms with Gasteiger partial charge in [-0.3, -0.25) is 0 Å². The van der Waals surface area contributed by atoms with E-state index in [-0.39, 0.29) is 0 Å². The topological polar surface area (TPSA) is 33.0 Å². The van der Waals surface area contributed by atoms with E-state index >= 15 is 0 Å². The van der Waals surface area contributed by atoms with Crippen molar-refractivity contribution >= 4 is 15.9 Å². The van der Waals surface area contributed by atoms with E-state index in [0.717, 1.165) is 10.2 Å². The van der Waals surface area contributed by atoms with Crippen molar-refractivity contribution < 1.29 is 4.74 Å². The van der Waals surface area contributed by atoms with E-state index in [4.69, 9.17) is 10.00 Å². The lowest BCUT2D eigenvalue weighted by Crippen LogP contribution is -1.83. The Kier molecular flexibility index (Phi) is 2.50. The van der Waals surface area contributed by atoms with Gasteiger partial charge in [-0.2, -0.15) is 5.26 Å². The molecule has 0 amide bonds. The number of hydrogen-bond acceptors (Lipinski definition) is 2. The fourth-order valence-electron chi connectivity index (χ4n) is 0.713. The first-order valence-electron chi connectivity index (χ1n) is 3.01. The lowest BCUT2D eigenvalue weighted by atomic mass is 10.2. The van der Waals surface area contributed by atoms with Crippen LogP contribution in [0.3, 0.4) is 0 Å². The largest absolute Gasteiger partial charge is 0.497 e. The predicted molar refractivity (Wildman–Crippen MR) is 45.4 cm³/mol. The molecule has 3 heteroatoms. The van der Waals surface area contributed by atoms with Crippen molar-refractivity contribution in [3.05, 3.63) is 28.2 Å². The predicted octanol–water partition coefficient (Wildman–Crippen LogP) is 2.33. The molecular weight excluding hydrogens is 206 g/mol. The van der Waals surface area contributed by atoms with Gasteiger partial charge in [0.15, 0.2) is 0 Å². The second-order valence-corrected chi connectivity index (χ2v) is 2.81. The highest BCUT2D eigenvalue weighted by Crippen LogP contribution is 2.21. The van der Waals surface area contributed by atoms with Crippen molar-refractivity contribution in [1.29, 1.82) is 5.26 Å². The Labute approximate surface area is 73.5 Å². The fourth-order valence-corrected chi connectivity index (χ4v) is 1.16. The Morgan fingerprint density at radius 3 is 2.73 bits per heavy atom. The molecule has 0 radical (unpaired) electrons. The second kappa shape index (κ2) is 3.40. The number of ether oxygens (including phenoxy) is 1. The van der Waals surface area contributed by atoms with Gasteiger partial charge in [-0.25, -0.2) is 0 Å². The van der Waals surface area contributed by atoms with E-state index in [2.05, 4.69) is 15.9 Å². The van der Waals surface area contributed by atoms with Gasteiger partial charge in [0, 0.05) is 4.47 Å². The van der Waals surface area contributed by atoms with Gasteiger partial charge in [0.1, 0.15) is 11.8 Å². The zero-order valence-electron chi connectivity index (χ0n) is 5.97. The first-order chi connectivity index (χ1) is 5.27. The SMILES string of the molecule is COc1ccc(C#N)c(Br)c1. The molecule has 1 aromatic carbocycles. The van der Waals surface area contributed by atoms with E-state index in [9.17, 15) is 0 Å². The van der Waals surface area contributed by atoms with E-state index in [1.807, 2.05) is 6.07 Å². The first-order valence-corrected chi connectivity index (χ1v) is 3.81. The maximum atomic E-state index is 8.56. The molecule has 0 saturated carbocycles. The van der Waals surface area contributed by atoms with Gasteiger partial charge < -0.3 is 4.74 Å². The van der Waals surface area contributed by atoms with Gasteiger partial charge in [-0.1, -0.05) is 0 Å². The minimum atomic E-state index is 0.616. The number of benzene rings is 1. The average molecular weight is 212 g/mol. The first kappa shape index (κ1) is 8.09. The van der Waals surface area contributed by atoms with Crippen LogP contribution in [0.2, 0.25) is 0 Å². The minimum absolute atomic E-state index is 0.616. The third kappa shape index (κ3) is 1.72. The van der Waals surface area contributed by atoms with E-state index < -0.39 is 0 Å². The lowest BCUT2D eigenvalue weighted by Gasteiger charge is -1.99. The Morgan fingerprint density at radius 2 is 2.27 bits per heavy atom. The summed E-state index contributed by atoms with van der Waals surface area (Å²) in [4.78, 5) is 0. The quantitative estimate of drug-likeness (QED) is 0.715. The maximum absolute atomic E-state index is 8.56. The summed E-state index contributed by atoms with van der Waals surface area (Å²) in [6, 6.07) is 7.27. The highest BCUT2D eigenvalue weighted by atomic mass is 79.9. The number of halogens is 1. The van der Waals surface area contributed by atoms with Crippen LogP contribution in [0.25, 0.3) is 0 Å². The van der Waals surface area contributed by atoms with Gasteiger partial charge in [0.2, 0.25) is 0 Å². The van der Waals surface area contributed by atoms with Crippen molar-refractivity contribution in [3.63, 3.8) is 0 Å². The molecular formula is C8H6BrNO. The zero-order chi connectivity index (χ0) is 8.27. The molecule has 0 bridgehead atoms. The molecule has 0 spiro atoms. The van der Waals surface area contributed by atoms with Gasteiger partial charge in [-0.15, -0.1) is 0 Å². The molecule has 0 aliphatic rings. The molecule has 0 aromatic heterocycles. The normalized spacial score (nSPS) is 8.82. The molecule has 0 aliphatic carbocycles. The van der Waals surface area contributed by atoms with Crippen LogP contribution in [0.5, 0.6) is 5.75 Å². The molecule has 0 fully saturated rings. The van der Waals surface area contributed by atoms with Crippen LogP contribution in [0.4, 0.5) is 0 Å². The summed E-state index contributed by atoms with van der Waals surface area (Å²) in [6.07, 6.45) is 0. The van der Waals surface area contributed by atoms with Crippen molar-refractivity contribution in [2.45, 2.75) is 0 Å². The van der Waals surface area contributed by atoms with Crippen LogP contribution in [0.1, 0.15) is 5.56 Å². The van der Waals surface area contributed by atoms with Crippen LogP contribution >= 0.6 is 15.9 Å². The number of nitriles is 1. The van der Waals surface area contributed by atoms with E-state index in [0.29, 0.717) is 5.56 Å². The number of nitrogens with zero attached hydrogens (tertiary/aromatic N) is 1. The van der Waals surface area contributed by atoms with Crippen LogP contribution in [-0.4, -0.2) is 7.11 Å². The molecule has 0 unspecified atom stereocenters. The third-order valence-corrected chi connectivity index (χ3v) is 1.95. The highest BCUT2D eigenvalue weighted by Gasteiger charge is 1.98. The Bertz CT molecular complexity index is 303. The van der Waals surface area contributed by atoms with Crippen LogP contribution < -0.4 is 4.74 Å². The highest BCUT2D eigenvalue weighted by molar-refractivity contribution is 9.10. The number of hydrogen-bond donors (Lipinski definition) is 0. The molecule has 0 N–H and O–H groups in total. The average Bonchev–Trinajstić information content (AvgIpc) is 2.04. The van der Waals surface area contributed by atoms with Crippen LogP contribution in [0, 0.1) is 11.3 Å². The monoisotopic (exact) mass is 211 g/mol. The maximum Gasteiger partial charge on any atom is 0.120 e. The molecule has 11 heavy (non-hydrogen) atoms. The Hall–Kier alpha value is -1.01. The van der Waals surface area contributed by atoms with Crippen molar-refractivity contribution in [2.24, 2.45) is 0 Å². The molecule has 0 saturated heterocycles. The zero-order valence-corrected chi connectivity index (χ0v) is 7.55. The molecule has 1 aromatic rings. The second-order valence-electron chi connectivity index (χ2n) is 1.96. The third-order valence-electron chi connectivity index (χ3n) is 1.30. The lowest BCUT2D eigenvalue weighted by molar-refractivity contribution is 0.414. The molecule has 2 nitrogen and oxygen atoms in total. The molecule has 1 rings (SSSR count). The van der Waals surface area contributed by atoms with Crippen molar-refractivity contribution in [2.75, 3.05) is 7.11 Å². The smallest absolute Gasteiger partial charge is 0.120 e. The van der Waals surface area contributed by atoms with E-state index in [1.165, 1.54) is 0 Å². The summed E-state index contributed by atoms with van der Waals surface area (Å²) in [5, 5.41) is 8.56. The number of methoxy groups -OCH3 is 1. The number of rotatable bonds is 1. The molecule has 0 atom stereocenters. The summed E-state index contributed by atoms with van der Waals surface area (Å²) in [6.45, 7) is 0. The Balaban J connectivity index is 3.12. The standard InChI is InChI=1S/C8H6BrNO/c1-11-7-3-2-6(5-10)8(9)4-7/h2-4H,1H3. The summed E-state index contributed by atoms with van der Waals surface area (Å²) >= 11 is 3.25. The van der Waals surface area contributed by atoms with Gasteiger partial charge in [-0.05, 0) is 34.1 Å². The minimum Gasteiger partial charge on any atom is -0.497 e. The van der Waals surface area contributed by atoms with Crippen LogP contribution in [-0.2, 0) is 0 Å². The molecule has 0 aliphatic heterocycles. The summed E-state index contributed by atoms with van der Waals surface area (Å²) < 4.78 is 5.72. The molecule has 56 valence electrons. The summed E-state index contributed by atoms with van der Waals surface area (Å²) in [5.74, 6) is 0.746. The van der Waals surface area contributed by atoms with Gasteiger partial charge in [0.05, 0.1) is 12.7 Å². The Morgan fingerprint density at radius 1 is 1.55 bits per heavy atom.